The Morgan fingerprint density at radius 1 is 0.970 bits per heavy atom. The Hall–Kier alpha value is -3.55. The van der Waals surface area contributed by atoms with Crippen LogP contribution in [0.15, 0.2) is 58.1 Å². The normalized spacial score (nSPS) is 12.5. The summed E-state index contributed by atoms with van der Waals surface area (Å²) in [6.45, 7) is 1.40. The number of aryl methyl sites for hydroxylation is 1. The van der Waals surface area contributed by atoms with Crippen LogP contribution in [0.2, 0.25) is 0 Å². The van der Waals surface area contributed by atoms with Gasteiger partial charge < -0.3 is 9.84 Å². The van der Waals surface area contributed by atoms with Crippen LogP contribution in [0.25, 0.3) is 0 Å². The van der Waals surface area contributed by atoms with E-state index < -0.39 is 50.0 Å². The van der Waals surface area contributed by atoms with Crippen LogP contribution in [0.1, 0.15) is 27.2 Å². The van der Waals surface area contributed by atoms with E-state index in [4.69, 9.17) is 4.52 Å². The van der Waals surface area contributed by atoms with E-state index in [-0.39, 0.29) is 17.0 Å². The molecular weight excluding hydrogens is 480 g/mol. The summed E-state index contributed by atoms with van der Waals surface area (Å²) in [6.07, 6.45) is -9.13. The molecule has 1 aromatic heterocycles. The van der Waals surface area contributed by atoms with Crippen molar-refractivity contribution in [3.8, 4) is 0 Å². The highest BCUT2D eigenvalue weighted by atomic mass is 32.2. The lowest BCUT2D eigenvalue weighted by molar-refractivity contribution is -0.140. The predicted molar refractivity (Wildman–Crippen MR) is 103 cm³/mol. The quantitative estimate of drug-likeness (QED) is 0.483. The number of hydrogen-bond acceptors (Lipinski definition) is 5. The van der Waals surface area contributed by atoms with Crippen LogP contribution in [0.5, 0.6) is 0 Å². The molecule has 0 atom stereocenters. The number of alkyl halides is 6. The summed E-state index contributed by atoms with van der Waals surface area (Å²) in [7, 11) is -5.06. The Morgan fingerprint density at radius 3 is 2.18 bits per heavy atom. The SMILES string of the molecule is Cc1oncc1C(=O)Nc1ccc(NS(=O)(=O)c2ccccc2C(F)(F)F)c(C(F)(F)F)c1. The van der Waals surface area contributed by atoms with Crippen molar-refractivity contribution in [3.63, 3.8) is 0 Å². The zero-order valence-electron chi connectivity index (χ0n) is 16.4. The Kier molecular flexibility index (Phi) is 6.15. The molecule has 0 bridgehead atoms. The molecule has 0 aliphatic rings. The molecule has 1 heterocycles. The summed E-state index contributed by atoms with van der Waals surface area (Å²) in [5.41, 5.74) is -4.50. The number of nitrogens with zero attached hydrogens (tertiary/aromatic N) is 1. The van der Waals surface area contributed by atoms with Gasteiger partial charge in [0.2, 0.25) is 0 Å². The average Bonchev–Trinajstić information content (AvgIpc) is 3.13. The van der Waals surface area contributed by atoms with Crippen LogP contribution in [0.3, 0.4) is 0 Å². The fraction of sp³-hybridized carbons (Fsp3) is 0.158. The van der Waals surface area contributed by atoms with Crippen molar-refractivity contribution >= 4 is 27.3 Å². The van der Waals surface area contributed by atoms with Crippen molar-refractivity contribution in [2.75, 3.05) is 10.0 Å². The fourth-order valence-corrected chi connectivity index (χ4v) is 4.10. The van der Waals surface area contributed by atoms with Gasteiger partial charge in [0, 0.05) is 5.69 Å². The number of carbonyl (C=O) groups excluding carboxylic acids is 1. The van der Waals surface area contributed by atoms with Crippen LogP contribution >= 0.6 is 0 Å². The van der Waals surface area contributed by atoms with Crippen molar-refractivity contribution in [1.82, 2.24) is 5.16 Å². The minimum absolute atomic E-state index is 0.0444. The molecular formula is C19H13F6N3O4S. The van der Waals surface area contributed by atoms with Gasteiger partial charge in [-0.15, -0.1) is 0 Å². The smallest absolute Gasteiger partial charge is 0.361 e. The van der Waals surface area contributed by atoms with Gasteiger partial charge in [-0.2, -0.15) is 26.3 Å². The topological polar surface area (TPSA) is 101 Å². The van der Waals surface area contributed by atoms with E-state index in [1.807, 2.05) is 0 Å². The largest absolute Gasteiger partial charge is 0.418 e. The molecule has 14 heteroatoms. The van der Waals surface area contributed by atoms with Crippen molar-refractivity contribution < 1.29 is 44.1 Å². The molecule has 0 aliphatic carbocycles. The molecule has 0 radical (unpaired) electrons. The molecule has 0 spiro atoms. The van der Waals surface area contributed by atoms with E-state index in [0.717, 1.165) is 24.4 Å². The lowest BCUT2D eigenvalue weighted by atomic mass is 10.1. The molecule has 2 N–H and O–H groups in total. The van der Waals surface area contributed by atoms with E-state index >= 15 is 0 Å². The van der Waals surface area contributed by atoms with Gasteiger partial charge in [0.1, 0.15) is 11.3 Å². The first-order chi connectivity index (χ1) is 15.2. The minimum Gasteiger partial charge on any atom is -0.361 e. The number of halogens is 6. The number of nitrogens with one attached hydrogen (secondary N) is 2. The van der Waals surface area contributed by atoms with Crippen molar-refractivity contribution in [2.24, 2.45) is 0 Å². The molecule has 0 aliphatic heterocycles. The number of hydrogen-bond donors (Lipinski definition) is 2. The number of sulfonamides is 1. The van der Waals surface area contributed by atoms with E-state index in [0.29, 0.717) is 24.3 Å². The zero-order chi connectivity index (χ0) is 24.6. The van der Waals surface area contributed by atoms with Gasteiger partial charge in [-0.3, -0.25) is 9.52 Å². The van der Waals surface area contributed by atoms with Crippen molar-refractivity contribution in [3.05, 3.63) is 71.1 Å². The maximum Gasteiger partial charge on any atom is 0.418 e. The highest BCUT2D eigenvalue weighted by molar-refractivity contribution is 7.92. The first-order valence-electron chi connectivity index (χ1n) is 8.83. The Labute approximate surface area is 182 Å². The molecule has 0 saturated carbocycles. The van der Waals surface area contributed by atoms with Gasteiger partial charge in [0.15, 0.2) is 0 Å². The molecule has 3 aromatic rings. The molecule has 33 heavy (non-hydrogen) atoms. The number of rotatable bonds is 5. The number of amides is 1. The van der Waals surface area contributed by atoms with E-state index in [1.165, 1.54) is 6.92 Å². The standard InChI is InChI=1S/C19H13F6N3O4S/c1-10-12(9-26-32-10)17(29)27-11-6-7-15(14(8-11)19(23,24)25)28-33(30,31)16-5-3-2-4-13(16)18(20,21)22/h2-9,28H,1H3,(H,27,29). The molecule has 0 unspecified atom stereocenters. The third kappa shape index (κ3) is 5.27. The predicted octanol–water partition coefficient (Wildman–Crippen LogP) is 5.07. The summed E-state index contributed by atoms with van der Waals surface area (Å²) < 4.78 is 112. The van der Waals surface area contributed by atoms with Crippen LogP contribution in [0, 0.1) is 6.92 Å². The second kappa shape index (κ2) is 8.42. The summed E-state index contributed by atoms with van der Waals surface area (Å²) >= 11 is 0. The molecule has 0 saturated heterocycles. The van der Waals surface area contributed by atoms with Gasteiger partial charge in [-0.1, -0.05) is 17.3 Å². The number of carbonyl (C=O) groups is 1. The average molecular weight is 493 g/mol. The lowest BCUT2D eigenvalue weighted by Gasteiger charge is -2.18. The Balaban J connectivity index is 1.99. The van der Waals surface area contributed by atoms with Gasteiger partial charge in [0.25, 0.3) is 15.9 Å². The number of benzene rings is 2. The first-order valence-corrected chi connectivity index (χ1v) is 10.3. The highest BCUT2D eigenvalue weighted by Crippen LogP contribution is 2.39. The van der Waals surface area contributed by atoms with E-state index in [1.54, 1.807) is 4.72 Å². The summed E-state index contributed by atoms with van der Waals surface area (Å²) in [6, 6.07) is 5.11. The van der Waals surface area contributed by atoms with Crippen LogP contribution in [0.4, 0.5) is 37.7 Å². The molecule has 176 valence electrons. The molecule has 2 aromatic carbocycles. The van der Waals surface area contributed by atoms with Crippen LogP contribution in [-0.4, -0.2) is 19.5 Å². The molecule has 1 amide bonds. The minimum atomic E-state index is -5.12. The summed E-state index contributed by atoms with van der Waals surface area (Å²) in [4.78, 5) is 10.9. The molecule has 0 fully saturated rings. The third-order valence-electron chi connectivity index (χ3n) is 4.30. The highest BCUT2D eigenvalue weighted by Gasteiger charge is 2.39. The molecule has 3 rings (SSSR count). The lowest BCUT2D eigenvalue weighted by Crippen LogP contribution is -2.21. The van der Waals surface area contributed by atoms with Crippen molar-refractivity contribution in [2.45, 2.75) is 24.2 Å². The fourth-order valence-electron chi connectivity index (χ4n) is 2.80. The monoisotopic (exact) mass is 493 g/mol. The van der Waals surface area contributed by atoms with Crippen molar-refractivity contribution in [1.29, 1.82) is 0 Å². The summed E-state index contributed by atoms with van der Waals surface area (Å²) in [5, 5.41) is 5.56. The second-order valence-corrected chi connectivity index (χ2v) is 8.26. The first kappa shape index (κ1) is 24.1. The maximum absolute atomic E-state index is 13.6. The van der Waals surface area contributed by atoms with Gasteiger partial charge >= 0.3 is 12.4 Å². The summed E-state index contributed by atoms with van der Waals surface area (Å²) in [5.74, 6) is -0.731. The van der Waals surface area contributed by atoms with Gasteiger partial charge in [-0.25, -0.2) is 8.42 Å². The Morgan fingerprint density at radius 2 is 1.61 bits per heavy atom. The van der Waals surface area contributed by atoms with Crippen LogP contribution < -0.4 is 10.0 Å². The second-order valence-electron chi connectivity index (χ2n) is 6.61. The third-order valence-corrected chi connectivity index (χ3v) is 5.73. The zero-order valence-corrected chi connectivity index (χ0v) is 17.2. The van der Waals surface area contributed by atoms with E-state index in [9.17, 15) is 39.6 Å². The number of anilines is 2. The van der Waals surface area contributed by atoms with Gasteiger partial charge in [-0.05, 0) is 37.3 Å². The van der Waals surface area contributed by atoms with E-state index in [2.05, 4.69) is 10.5 Å². The van der Waals surface area contributed by atoms with Gasteiger partial charge in [0.05, 0.1) is 27.9 Å². The molecule has 7 nitrogen and oxygen atoms in total. The number of aromatic nitrogens is 1. The van der Waals surface area contributed by atoms with Crippen LogP contribution in [-0.2, 0) is 22.4 Å². The maximum atomic E-state index is 13.6. The Bertz CT molecular complexity index is 1300.